The standard InChI is InChI=1S/C6H11N3O5/c7-3(5(11)12)1-4(6(13)14)9-8-2-10/h2-4,9H,1,7H2,(H,8,10)(H,11,12)(H,13,14)/t3-,4?/m0/s1. The Kier molecular flexibility index (Phi) is 5.19. The van der Waals surface area contributed by atoms with Crippen molar-refractivity contribution in [3.05, 3.63) is 0 Å². The summed E-state index contributed by atoms with van der Waals surface area (Å²) in [5.74, 6) is -2.60. The quantitative estimate of drug-likeness (QED) is 0.228. The SMILES string of the molecule is N[C@@H](CC(NNC=O)C(=O)O)C(=O)O. The van der Waals surface area contributed by atoms with Crippen molar-refractivity contribution in [1.82, 2.24) is 10.9 Å². The first-order valence-corrected chi connectivity index (χ1v) is 3.65. The highest BCUT2D eigenvalue weighted by Gasteiger charge is 2.23. The first kappa shape index (κ1) is 12.3. The van der Waals surface area contributed by atoms with Crippen LogP contribution in [0.25, 0.3) is 0 Å². The van der Waals surface area contributed by atoms with E-state index in [1.165, 1.54) is 0 Å². The van der Waals surface area contributed by atoms with Crippen molar-refractivity contribution in [3.63, 3.8) is 0 Å². The maximum absolute atomic E-state index is 10.5. The smallest absolute Gasteiger partial charge is 0.322 e. The van der Waals surface area contributed by atoms with E-state index in [0.29, 0.717) is 0 Å². The molecule has 0 saturated heterocycles. The summed E-state index contributed by atoms with van der Waals surface area (Å²) in [6.45, 7) is 0. The lowest BCUT2D eigenvalue weighted by Crippen LogP contribution is -2.49. The van der Waals surface area contributed by atoms with Crippen LogP contribution in [0.5, 0.6) is 0 Å². The normalized spacial score (nSPS) is 14.1. The van der Waals surface area contributed by atoms with Gasteiger partial charge in [0, 0.05) is 6.42 Å². The lowest BCUT2D eigenvalue weighted by Gasteiger charge is -2.15. The molecule has 0 radical (unpaired) electrons. The van der Waals surface area contributed by atoms with E-state index in [9.17, 15) is 14.4 Å². The van der Waals surface area contributed by atoms with E-state index in [2.05, 4.69) is 5.43 Å². The number of carboxylic acid groups (broad SMARTS) is 2. The molecular formula is C6H11N3O5. The fourth-order valence-corrected chi connectivity index (χ4v) is 0.711. The van der Waals surface area contributed by atoms with Crippen LogP contribution in [0.3, 0.4) is 0 Å². The Bertz CT molecular complexity index is 232. The summed E-state index contributed by atoms with van der Waals surface area (Å²) in [6, 6.07) is -2.52. The van der Waals surface area contributed by atoms with E-state index in [1.54, 1.807) is 0 Å². The Labute approximate surface area is 79.0 Å². The van der Waals surface area contributed by atoms with E-state index in [-0.39, 0.29) is 12.8 Å². The van der Waals surface area contributed by atoms with Crippen LogP contribution < -0.4 is 16.6 Å². The van der Waals surface area contributed by atoms with Crippen molar-refractivity contribution in [1.29, 1.82) is 0 Å². The number of aliphatic carboxylic acids is 2. The summed E-state index contributed by atoms with van der Waals surface area (Å²) in [5.41, 5.74) is 9.12. The number of hydrazine groups is 1. The van der Waals surface area contributed by atoms with Gasteiger partial charge in [-0.25, -0.2) is 5.43 Å². The number of nitrogens with one attached hydrogen (secondary N) is 2. The van der Waals surface area contributed by atoms with Gasteiger partial charge in [0.15, 0.2) is 0 Å². The van der Waals surface area contributed by atoms with Crippen LogP contribution in [0, 0.1) is 0 Å². The Morgan fingerprint density at radius 1 is 1.36 bits per heavy atom. The van der Waals surface area contributed by atoms with Gasteiger partial charge in [-0.3, -0.25) is 19.8 Å². The van der Waals surface area contributed by atoms with Gasteiger partial charge in [-0.15, -0.1) is 0 Å². The van der Waals surface area contributed by atoms with Gasteiger partial charge >= 0.3 is 11.9 Å². The monoisotopic (exact) mass is 205 g/mol. The lowest BCUT2D eigenvalue weighted by molar-refractivity contribution is -0.141. The number of rotatable bonds is 7. The molecule has 0 spiro atoms. The first-order chi connectivity index (χ1) is 6.49. The number of carbonyl (C=O) groups excluding carboxylic acids is 1. The van der Waals surface area contributed by atoms with E-state index in [4.69, 9.17) is 15.9 Å². The van der Waals surface area contributed by atoms with E-state index < -0.39 is 24.0 Å². The number of hydrogen-bond donors (Lipinski definition) is 5. The molecule has 6 N–H and O–H groups in total. The molecule has 2 atom stereocenters. The zero-order valence-corrected chi connectivity index (χ0v) is 7.14. The van der Waals surface area contributed by atoms with Crippen LogP contribution in [0.15, 0.2) is 0 Å². The average Bonchev–Trinajstić information content (AvgIpc) is 2.10. The minimum Gasteiger partial charge on any atom is -0.480 e. The van der Waals surface area contributed by atoms with Crippen molar-refractivity contribution in [2.75, 3.05) is 0 Å². The Morgan fingerprint density at radius 3 is 2.29 bits per heavy atom. The third-order valence-corrected chi connectivity index (χ3v) is 1.42. The maximum atomic E-state index is 10.5. The van der Waals surface area contributed by atoms with E-state index in [1.807, 2.05) is 5.43 Å². The van der Waals surface area contributed by atoms with Gasteiger partial charge in [-0.2, -0.15) is 0 Å². The maximum Gasteiger partial charge on any atom is 0.322 e. The first-order valence-electron chi connectivity index (χ1n) is 3.65. The molecule has 0 aromatic heterocycles. The summed E-state index contributed by atoms with van der Waals surface area (Å²) < 4.78 is 0. The van der Waals surface area contributed by atoms with Gasteiger partial charge in [-0.1, -0.05) is 0 Å². The molecule has 8 nitrogen and oxygen atoms in total. The van der Waals surface area contributed by atoms with Crippen LogP contribution in [-0.4, -0.2) is 40.6 Å². The zero-order valence-electron chi connectivity index (χ0n) is 7.14. The molecule has 0 rings (SSSR count). The van der Waals surface area contributed by atoms with E-state index >= 15 is 0 Å². The third-order valence-electron chi connectivity index (χ3n) is 1.42. The second kappa shape index (κ2) is 5.89. The summed E-state index contributed by atoms with van der Waals surface area (Å²) >= 11 is 0. The highest BCUT2D eigenvalue weighted by atomic mass is 16.4. The van der Waals surface area contributed by atoms with Crippen molar-refractivity contribution < 1.29 is 24.6 Å². The second-order valence-electron chi connectivity index (χ2n) is 2.48. The fraction of sp³-hybridized carbons (Fsp3) is 0.500. The Hall–Kier alpha value is -1.67. The molecule has 80 valence electrons. The van der Waals surface area contributed by atoms with Gasteiger partial charge in [0.1, 0.15) is 12.1 Å². The number of carbonyl (C=O) groups is 3. The van der Waals surface area contributed by atoms with Gasteiger partial charge in [0.05, 0.1) is 0 Å². The van der Waals surface area contributed by atoms with Crippen molar-refractivity contribution in [2.45, 2.75) is 18.5 Å². The molecule has 0 bridgehead atoms. The van der Waals surface area contributed by atoms with E-state index in [0.717, 1.165) is 0 Å². The molecule has 0 aliphatic rings. The van der Waals surface area contributed by atoms with Gasteiger partial charge in [0.25, 0.3) is 0 Å². The van der Waals surface area contributed by atoms with Crippen LogP contribution in [0.4, 0.5) is 0 Å². The second-order valence-corrected chi connectivity index (χ2v) is 2.48. The summed E-state index contributed by atoms with van der Waals surface area (Å²) in [7, 11) is 0. The molecule has 0 saturated carbocycles. The molecular weight excluding hydrogens is 194 g/mol. The number of nitrogens with two attached hydrogens (primary N) is 1. The molecule has 1 amide bonds. The van der Waals surface area contributed by atoms with Crippen LogP contribution in [0.2, 0.25) is 0 Å². The minimum atomic E-state index is -1.30. The lowest BCUT2D eigenvalue weighted by atomic mass is 10.1. The van der Waals surface area contributed by atoms with Crippen LogP contribution in [-0.2, 0) is 14.4 Å². The highest BCUT2D eigenvalue weighted by molar-refractivity contribution is 5.77. The summed E-state index contributed by atoms with van der Waals surface area (Å²) in [5, 5.41) is 17.0. The van der Waals surface area contributed by atoms with Crippen LogP contribution in [0.1, 0.15) is 6.42 Å². The summed E-state index contributed by atoms with van der Waals surface area (Å²) in [6.07, 6.45) is -0.0895. The van der Waals surface area contributed by atoms with Gasteiger partial charge in [0.2, 0.25) is 6.41 Å². The zero-order chi connectivity index (χ0) is 11.1. The number of hydrogen-bond acceptors (Lipinski definition) is 5. The fourth-order valence-electron chi connectivity index (χ4n) is 0.711. The molecule has 0 heterocycles. The number of carboxylic acids is 2. The van der Waals surface area contributed by atoms with Gasteiger partial charge < -0.3 is 15.9 Å². The predicted molar refractivity (Wildman–Crippen MR) is 44.0 cm³/mol. The highest BCUT2D eigenvalue weighted by Crippen LogP contribution is 1.96. The molecule has 0 aliphatic carbocycles. The van der Waals surface area contributed by atoms with Crippen molar-refractivity contribution >= 4 is 18.3 Å². The average molecular weight is 205 g/mol. The molecule has 0 aromatic carbocycles. The molecule has 1 unspecified atom stereocenters. The largest absolute Gasteiger partial charge is 0.480 e. The van der Waals surface area contributed by atoms with Crippen LogP contribution >= 0.6 is 0 Å². The van der Waals surface area contributed by atoms with Crippen molar-refractivity contribution in [2.24, 2.45) is 5.73 Å². The summed E-state index contributed by atoms with van der Waals surface area (Å²) in [4.78, 5) is 30.6. The predicted octanol–water partition coefficient (Wildman–Crippen LogP) is -2.51. The molecule has 0 aliphatic heterocycles. The van der Waals surface area contributed by atoms with Crippen molar-refractivity contribution in [3.8, 4) is 0 Å². The Morgan fingerprint density at radius 2 is 1.93 bits per heavy atom. The minimum absolute atomic E-state index is 0.238. The molecule has 8 heteroatoms. The molecule has 0 fully saturated rings. The van der Waals surface area contributed by atoms with Gasteiger partial charge in [-0.05, 0) is 0 Å². The topological polar surface area (TPSA) is 142 Å². The Balaban J connectivity index is 4.15. The number of amides is 1. The molecule has 14 heavy (non-hydrogen) atoms. The molecule has 0 aromatic rings. The third kappa shape index (κ3) is 4.38.